The molecule has 0 radical (unpaired) electrons. The number of likely N-dealkylation sites (tertiary alicyclic amines) is 1. The third-order valence-corrected chi connectivity index (χ3v) is 6.29. The van der Waals surface area contributed by atoms with Crippen molar-refractivity contribution in [3.63, 3.8) is 0 Å². The number of aryl methyl sites for hydroxylation is 2. The number of H-pyrrole nitrogens is 1. The second-order valence-electron chi connectivity index (χ2n) is 9.57. The van der Waals surface area contributed by atoms with Crippen molar-refractivity contribution in [2.24, 2.45) is 5.92 Å². The Bertz CT molecular complexity index is 1050. The van der Waals surface area contributed by atoms with Gasteiger partial charge in [0.1, 0.15) is 5.82 Å². The zero-order valence-electron chi connectivity index (χ0n) is 20.2. The van der Waals surface area contributed by atoms with Gasteiger partial charge in [0.15, 0.2) is 11.2 Å². The summed E-state index contributed by atoms with van der Waals surface area (Å²) < 4.78 is 3.47. The lowest BCUT2D eigenvalue weighted by Gasteiger charge is -2.36. The highest BCUT2D eigenvalue weighted by Crippen LogP contribution is 2.18. The molecule has 1 saturated heterocycles. The monoisotopic (exact) mass is 446 g/mol. The van der Waals surface area contributed by atoms with Crippen LogP contribution in [0.1, 0.15) is 58.7 Å². The lowest BCUT2D eigenvalue weighted by Crippen LogP contribution is -2.47. The second kappa shape index (κ2) is 10.5. The minimum absolute atomic E-state index is 0.122. The first-order valence-corrected chi connectivity index (χ1v) is 11.9. The molecule has 3 rings (SSSR count). The van der Waals surface area contributed by atoms with Gasteiger partial charge in [-0.2, -0.15) is 0 Å². The van der Waals surface area contributed by atoms with Gasteiger partial charge in [-0.25, -0.2) is 9.78 Å². The van der Waals surface area contributed by atoms with E-state index in [0.29, 0.717) is 54.9 Å². The summed E-state index contributed by atoms with van der Waals surface area (Å²) in [4.78, 5) is 49.5. The van der Waals surface area contributed by atoms with Crippen molar-refractivity contribution in [2.45, 2.75) is 78.4 Å². The van der Waals surface area contributed by atoms with Gasteiger partial charge in [-0.1, -0.05) is 27.2 Å². The van der Waals surface area contributed by atoms with Crippen molar-refractivity contribution in [3.8, 4) is 0 Å². The number of likely N-dealkylation sites (N-methyl/N-ethyl adjacent to an activating group) is 1. The first-order chi connectivity index (χ1) is 15.2. The summed E-state index contributed by atoms with van der Waals surface area (Å²) in [6.07, 6.45) is 4.68. The fourth-order valence-electron chi connectivity index (χ4n) is 4.47. The number of rotatable bonds is 9. The van der Waals surface area contributed by atoms with E-state index in [-0.39, 0.29) is 5.91 Å². The van der Waals surface area contributed by atoms with Crippen molar-refractivity contribution < 1.29 is 4.79 Å². The van der Waals surface area contributed by atoms with Crippen LogP contribution in [0, 0.1) is 5.92 Å². The van der Waals surface area contributed by atoms with Crippen molar-refractivity contribution in [2.75, 3.05) is 27.2 Å². The molecule has 1 aliphatic heterocycles. The highest BCUT2D eigenvalue weighted by atomic mass is 16.2. The maximum atomic E-state index is 13.0. The Hall–Kier alpha value is -2.42. The molecule has 1 N–H and O–H groups in total. The van der Waals surface area contributed by atoms with Crippen LogP contribution >= 0.6 is 0 Å². The number of hydrogen-bond acceptors (Lipinski definition) is 5. The number of hydrogen-bond donors (Lipinski definition) is 1. The Morgan fingerprint density at radius 1 is 1.25 bits per heavy atom. The Labute approximate surface area is 189 Å². The molecular formula is C23H38N6O3. The number of carbonyl (C=O) groups is 1. The molecule has 1 aliphatic rings. The lowest BCUT2D eigenvalue weighted by atomic mass is 10.0. The molecule has 0 bridgehead atoms. The van der Waals surface area contributed by atoms with Crippen molar-refractivity contribution >= 4 is 17.1 Å². The van der Waals surface area contributed by atoms with Crippen LogP contribution in [-0.2, 0) is 24.3 Å². The number of fused-ring (bicyclic) bond motifs is 1. The number of imidazole rings is 1. The van der Waals surface area contributed by atoms with Crippen LogP contribution in [-0.4, -0.2) is 68.0 Å². The van der Waals surface area contributed by atoms with Gasteiger partial charge in [0.25, 0.3) is 5.56 Å². The van der Waals surface area contributed by atoms with E-state index in [1.54, 1.807) is 4.57 Å². The summed E-state index contributed by atoms with van der Waals surface area (Å²) in [5.74, 6) is 1.11. The molecule has 3 heterocycles. The number of piperidine rings is 1. The number of aromatic nitrogens is 4. The summed E-state index contributed by atoms with van der Waals surface area (Å²) >= 11 is 0. The maximum absolute atomic E-state index is 13.0. The van der Waals surface area contributed by atoms with E-state index in [9.17, 15) is 14.4 Å². The zero-order valence-corrected chi connectivity index (χ0v) is 20.2. The molecule has 2 aromatic rings. The molecule has 2 aromatic heterocycles. The predicted molar refractivity (Wildman–Crippen MR) is 126 cm³/mol. The average Bonchev–Trinajstić information content (AvgIpc) is 3.09. The summed E-state index contributed by atoms with van der Waals surface area (Å²) in [5.41, 5.74) is 0.0348. The van der Waals surface area contributed by atoms with Crippen LogP contribution in [0.2, 0.25) is 0 Å². The Morgan fingerprint density at radius 2 is 2.00 bits per heavy atom. The first-order valence-electron chi connectivity index (χ1n) is 11.9. The Balaban J connectivity index is 1.90. The Morgan fingerprint density at radius 3 is 2.66 bits per heavy atom. The summed E-state index contributed by atoms with van der Waals surface area (Å²) in [6.45, 7) is 8.89. The molecule has 9 heteroatoms. The van der Waals surface area contributed by atoms with Crippen LogP contribution in [0.4, 0.5) is 0 Å². The molecule has 1 fully saturated rings. The molecule has 0 aliphatic carbocycles. The topological polar surface area (TPSA) is 96.2 Å². The molecule has 178 valence electrons. The minimum atomic E-state index is -0.421. The van der Waals surface area contributed by atoms with E-state index < -0.39 is 11.2 Å². The van der Waals surface area contributed by atoms with E-state index in [2.05, 4.69) is 44.8 Å². The van der Waals surface area contributed by atoms with Gasteiger partial charge in [0.05, 0.1) is 0 Å². The van der Waals surface area contributed by atoms with Gasteiger partial charge in [0, 0.05) is 45.1 Å². The quantitative estimate of drug-likeness (QED) is 0.634. The van der Waals surface area contributed by atoms with Gasteiger partial charge in [-0.05, 0) is 39.3 Å². The SMILES string of the molecule is CCCCn1c(=O)[nH]c(=O)c2c1nc(CCC(=O)N1CCCC(N(C)C)C1)n2CC(C)C. The van der Waals surface area contributed by atoms with Gasteiger partial charge in [-0.3, -0.25) is 19.1 Å². The van der Waals surface area contributed by atoms with Crippen LogP contribution < -0.4 is 11.2 Å². The molecule has 9 nitrogen and oxygen atoms in total. The van der Waals surface area contributed by atoms with Gasteiger partial charge < -0.3 is 14.4 Å². The molecule has 32 heavy (non-hydrogen) atoms. The smallest absolute Gasteiger partial charge is 0.330 e. The molecule has 0 spiro atoms. The summed E-state index contributed by atoms with van der Waals surface area (Å²) in [7, 11) is 4.12. The highest BCUT2D eigenvalue weighted by Gasteiger charge is 2.26. The minimum Gasteiger partial charge on any atom is -0.341 e. The second-order valence-corrected chi connectivity index (χ2v) is 9.57. The number of amides is 1. The third-order valence-electron chi connectivity index (χ3n) is 6.29. The fraction of sp³-hybridized carbons (Fsp3) is 0.739. The van der Waals surface area contributed by atoms with Gasteiger partial charge in [-0.15, -0.1) is 0 Å². The van der Waals surface area contributed by atoms with Crippen molar-refractivity contribution in [1.29, 1.82) is 0 Å². The molecular weight excluding hydrogens is 408 g/mol. The average molecular weight is 447 g/mol. The fourth-order valence-corrected chi connectivity index (χ4v) is 4.47. The van der Waals surface area contributed by atoms with E-state index in [1.165, 1.54) is 0 Å². The molecule has 1 unspecified atom stereocenters. The first kappa shape index (κ1) is 24.2. The zero-order chi connectivity index (χ0) is 23.4. The van der Waals surface area contributed by atoms with Crippen LogP contribution in [0.5, 0.6) is 0 Å². The number of nitrogens with one attached hydrogen (secondary N) is 1. The van der Waals surface area contributed by atoms with Crippen molar-refractivity contribution in [3.05, 3.63) is 26.7 Å². The molecule has 0 aromatic carbocycles. The van der Waals surface area contributed by atoms with E-state index in [0.717, 1.165) is 38.8 Å². The normalized spacial score (nSPS) is 17.1. The van der Waals surface area contributed by atoms with Crippen LogP contribution in [0.3, 0.4) is 0 Å². The van der Waals surface area contributed by atoms with Gasteiger partial charge in [0.2, 0.25) is 5.91 Å². The molecule has 1 amide bonds. The number of aromatic amines is 1. The molecule has 0 saturated carbocycles. The summed E-state index contributed by atoms with van der Waals surface area (Å²) in [6, 6.07) is 0.393. The molecule has 1 atom stereocenters. The number of unbranched alkanes of at least 4 members (excludes halogenated alkanes) is 1. The van der Waals surface area contributed by atoms with Crippen molar-refractivity contribution in [1.82, 2.24) is 28.9 Å². The maximum Gasteiger partial charge on any atom is 0.330 e. The van der Waals surface area contributed by atoms with Gasteiger partial charge >= 0.3 is 5.69 Å². The largest absolute Gasteiger partial charge is 0.341 e. The van der Waals surface area contributed by atoms with E-state index in [4.69, 9.17) is 4.98 Å². The van der Waals surface area contributed by atoms with E-state index in [1.807, 2.05) is 9.47 Å². The lowest BCUT2D eigenvalue weighted by molar-refractivity contribution is -0.133. The number of nitrogens with zero attached hydrogens (tertiary/aromatic N) is 5. The van der Waals surface area contributed by atoms with Crippen LogP contribution in [0.25, 0.3) is 11.2 Å². The number of carbonyl (C=O) groups excluding carboxylic acids is 1. The predicted octanol–water partition coefficient (Wildman–Crippen LogP) is 1.83. The summed E-state index contributed by atoms with van der Waals surface area (Å²) in [5, 5.41) is 0. The van der Waals surface area contributed by atoms with Crippen LogP contribution in [0.15, 0.2) is 9.59 Å². The third kappa shape index (κ3) is 5.31. The highest BCUT2D eigenvalue weighted by molar-refractivity contribution is 5.77. The standard InChI is InChI=1S/C23H38N6O3/c1-6-7-13-28-21-20(22(31)25-23(28)32)29(14-16(2)3)18(24-21)10-11-19(30)27-12-8-9-17(15-27)26(4)5/h16-17H,6-15H2,1-5H3,(H,25,31,32). The van der Waals surface area contributed by atoms with E-state index >= 15 is 0 Å². The Kier molecular flexibility index (Phi) is 7.92.